The fraction of sp³-hybridized carbons (Fsp3) is 0.308. The van der Waals surface area contributed by atoms with Crippen molar-refractivity contribution in [1.82, 2.24) is 19.7 Å². The van der Waals surface area contributed by atoms with E-state index in [0.717, 1.165) is 62.7 Å². The van der Waals surface area contributed by atoms with Crippen molar-refractivity contribution >= 4 is 55.2 Å². The van der Waals surface area contributed by atoms with Crippen molar-refractivity contribution in [3.05, 3.63) is 113 Å². The molecule has 1 N–H and O–H groups in total. The number of nitrogens with one attached hydrogen (secondary N) is 1. The number of nitrogens with zero attached hydrogens (tertiary/aromatic N) is 5. The molecule has 1 amide bonds. The van der Waals surface area contributed by atoms with Crippen LogP contribution in [0.2, 0.25) is 5.02 Å². The number of carbonyl (C=O) groups excluding carboxylic acids is 1. The van der Waals surface area contributed by atoms with E-state index in [-0.39, 0.29) is 37.5 Å². The van der Waals surface area contributed by atoms with Crippen molar-refractivity contribution in [3.8, 4) is 0 Å². The van der Waals surface area contributed by atoms with E-state index < -0.39 is 21.7 Å². The number of sulfone groups is 1. The summed E-state index contributed by atoms with van der Waals surface area (Å²) in [7, 11) is -2.78. The first-order valence-electron chi connectivity index (χ1n) is 17.1. The van der Waals surface area contributed by atoms with Gasteiger partial charge in [0, 0.05) is 56.7 Å². The third kappa shape index (κ3) is 7.15. The summed E-state index contributed by atoms with van der Waals surface area (Å²) in [5.41, 5.74) is 5.66. The molecule has 12 heteroatoms. The second-order valence-corrected chi connectivity index (χ2v) is 16.4. The average Bonchev–Trinajstić information content (AvgIpc) is 3.42. The Balaban J connectivity index is 1.10. The van der Waals surface area contributed by atoms with Crippen molar-refractivity contribution < 1.29 is 17.6 Å². The predicted octanol–water partition coefficient (Wildman–Crippen LogP) is 7.63. The van der Waals surface area contributed by atoms with Gasteiger partial charge < -0.3 is 10.2 Å². The van der Waals surface area contributed by atoms with E-state index in [0.29, 0.717) is 0 Å². The molecule has 1 aliphatic heterocycles. The number of hydrogen-bond donors (Lipinski definition) is 1. The lowest BCUT2D eigenvalue weighted by atomic mass is 9.72. The molecule has 9 nitrogen and oxygen atoms in total. The maximum Gasteiger partial charge on any atom is 0.274 e. The van der Waals surface area contributed by atoms with Crippen LogP contribution in [0, 0.1) is 11.4 Å². The van der Waals surface area contributed by atoms with Gasteiger partial charge in [-0.15, -0.1) is 5.10 Å². The number of piperazine rings is 1. The summed E-state index contributed by atoms with van der Waals surface area (Å²) < 4.78 is 45.0. The fourth-order valence-electron chi connectivity index (χ4n) is 7.19. The molecular weight excluding hydrogens is 687 g/mol. The zero-order valence-corrected chi connectivity index (χ0v) is 30.4. The molecule has 5 aromatic rings. The lowest BCUT2D eigenvalue weighted by Crippen LogP contribution is -2.47. The highest BCUT2D eigenvalue weighted by molar-refractivity contribution is 7.92. The predicted molar refractivity (Wildman–Crippen MR) is 199 cm³/mol. The van der Waals surface area contributed by atoms with Crippen LogP contribution in [0.1, 0.15) is 49.2 Å². The van der Waals surface area contributed by atoms with Gasteiger partial charge in [-0.1, -0.05) is 49.2 Å². The van der Waals surface area contributed by atoms with Crippen molar-refractivity contribution in [2.45, 2.75) is 42.9 Å². The molecule has 0 bridgehead atoms. The number of amides is 1. The summed E-state index contributed by atoms with van der Waals surface area (Å²) >= 11 is 6.20. The van der Waals surface area contributed by atoms with Crippen molar-refractivity contribution in [1.29, 1.82) is 0 Å². The Morgan fingerprint density at radius 1 is 0.961 bits per heavy atom. The van der Waals surface area contributed by atoms with Gasteiger partial charge >= 0.3 is 0 Å². The van der Waals surface area contributed by atoms with Crippen LogP contribution in [0.3, 0.4) is 0 Å². The molecule has 1 saturated heterocycles. The maximum absolute atomic E-state index is 15.3. The lowest BCUT2D eigenvalue weighted by Gasteiger charge is -2.39. The van der Waals surface area contributed by atoms with Crippen LogP contribution in [-0.4, -0.2) is 66.7 Å². The number of halogens is 2. The van der Waals surface area contributed by atoms with E-state index >= 15 is 4.39 Å². The Morgan fingerprint density at radius 3 is 2.37 bits per heavy atom. The van der Waals surface area contributed by atoms with E-state index in [1.807, 2.05) is 12.1 Å². The van der Waals surface area contributed by atoms with E-state index in [4.69, 9.17) is 11.6 Å². The van der Waals surface area contributed by atoms with Crippen molar-refractivity contribution in [2.75, 3.05) is 42.9 Å². The van der Waals surface area contributed by atoms with Crippen LogP contribution in [-0.2, 0) is 16.9 Å². The number of fused-ring (bicyclic) bond motifs is 1. The first kappa shape index (κ1) is 34.9. The van der Waals surface area contributed by atoms with E-state index in [2.05, 4.69) is 51.2 Å². The van der Waals surface area contributed by atoms with Crippen LogP contribution >= 0.6 is 11.6 Å². The highest BCUT2D eigenvalue weighted by Gasteiger charge is 2.31. The van der Waals surface area contributed by atoms with Gasteiger partial charge in [0.05, 0.1) is 21.5 Å². The molecule has 2 aromatic heterocycles. The molecule has 0 spiro atoms. The maximum atomic E-state index is 15.3. The van der Waals surface area contributed by atoms with Crippen LogP contribution in [0.25, 0.3) is 16.5 Å². The molecule has 7 rings (SSSR count). The van der Waals surface area contributed by atoms with Gasteiger partial charge in [-0.2, -0.15) is 4.39 Å². The highest BCUT2D eigenvalue weighted by atomic mass is 35.5. The molecule has 3 heterocycles. The van der Waals surface area contributed by atoms with Gasteiger partial charge in [-0.3, -0.25) is 19.4 Å². The summed E-state index contributed by atoms with van der Waals surface area (Å²) in [4.78, 5) is 21.5. The SMILES string of the molecule is Cn1nc(F)c2c(S(=O)(=O)c3ccc(N4CCN(CC5=C(c6ccc(Cl)cc6)CC(C)(C)CC5)CC4)cc3)c(NC(=O)c3ccccn3)ccc21. The van der Waals surface area contributed by atoms with Crippen LogP contribution in [0.4, 0.5) is 15.8 Å². The average molecular weight is 727 g/mol. The zero-order chi connectivity index (χ0) is 35.9. The molecule has 2 aliphatic rings. The minimum Gasteiger partial charge on any atom is -0.369 e. The van der Waals surface area contributed by atoms with Gasteiger partial charge in [0.2, 0.25) is 15.8 Å². The van der Waals surface area contributed by atoms with E-state index in [1.54, 1.807) is 36.4 Å². The van der Waals surface area contributed by atoms with E-state index in [9.17, 15) is 13.2 Å². The molecule has 264 valence electrons. The number of hydrogen-bond acceptors (Lipinski definition) is 7. The van der Waals surface area contributed by atoms with Crippen LogP contribution in [0.5, 0.6) is 0 Å². The smallest absolute Gasteiger partial charge is 0.274 e. The molecular formula is C39H40ClFN6O3S. The Hall–Kier alpha value is -4.58. The van der Waals surface area contributed by atoms with E-state index in [1.165, 1.54) is 52.8 Å². The van der Waals surface area contributed by atoms with Crippen LogP contribution < -0.4 is 10.2 Å². The topological polar surface area (TPSA) is 100 Å². The molecule has 0 saturated carbocycles. The lowest BCUT2D eigenvalue weighted by molar-refractivity contribution is 0.102. The van der Waals surface area contributed by atoms with Crippen molar-refractivity contribution in [2.24, 2.45) is 12.5 Å². The Kier molecular flexibility index (Phi) is 9.47. The third-order valence-electron chi connectivity index (χ3n) is 10.0. The fourth-order valence-corrected chi connectivity index (χ4v) is 8.91. The number of anilines is 2. The normalized spacial score (nSPS) is 16.8. The van der Waals surface area contributed by atoms with Gasteiger partial charge in [0.25, 0.3) is 5.91 Å². The molecule has 1 fully saturated rings. The number of pyridine rings is 1. The second kappa shape index (κ2) is 13.9. The first-order valence-corrected chi connectivity index (χ1v) is 18.9. The molecule has 1 aliphatic carbocycles. The van der Waals surface area contributed by atoms with Crippen molar-refractivity contribution in [3.63, 3.8) is 0 Å². The largest absolute Gasteiger partial charge is 0.369 e. The number of aryl methyl sites for hydroxylation is 1. The number of rotatable bonds is 8. The minimum absolute atomic E-state index is 0.0177. The Morgan fingerprint density at radius 2 is 1.69 bits per heavy atom. The Labute approximate surface area is 302 Å². The molecule has 0 atom stereocenters. The first-order chi connectivity index (χ1) is 24.4. The molecule has 0 radical (unpaired) electrons. The number of benzene rings is 3. The molecule has 3 aromatic carbocycles. The minimum atomic E-state index is -4.31. The number of allylic oxidation sites excluding steroid dienone is 1. The zero-order valence-electron chi connectivity index (χ0n) is 28.9. The number of aromatic nitrogens is 3. The third-order valence-corrected chi connectivity index (χ3v) is 12.1. The summed E-state index contributed by atoms with van der Waals surface area (Å²) in [6.07, 6.45) is 4.74. The molecule has 0 unspecified atom stereocenters. The van der Waals surface area contributed by atoms with Gasteiger partial charge in [0.15, 0.2) is 0 Å². The summed E-state index contributed by atoms with van der Waals surface area (Å²) in [6, 6.07) is 22.7. The highest BCUT2D eigenvalue weighted by Crippen LogP contribution is 2.43. The standard InChI is InChI=1S/C39H40ClFN6O3S/c1-39(2)18-17-27(31(24-39)26-7-9-28(40)10-8-26)25-46-20-22-47(23-21-46)29-11-13-30(14-12-29)51(49,50)36-32(43-38(48)33-6-4-5-19-42-33)15-16-34-35(36)37(41)44-45(34)3/h4-16,19H,17-18,20-25H2,1-3H3,(H,43,48). The summed E-state index contributed by atoms with van der Waals surface area (Å²) in [5, 5.41) is 7.02. The monoisotopic (exact) mass is 726 g/mol. The quantitative estimate of drug-likeness (QED) is 0.176. The van der Waals surface area contributed by atoms with Gasteiger partial charge in [0.1, 0.15) is 10.6 Å². The summed E-state index contributed by atoms with van der Waals surface area (Å²) in [6.45, 7) is 8.95. The number of carbonyl (C=O) groups is 1. The van der Waals surface area contributed by atoms with Gasteiger partial charge in [-0.05, 0) is 96.5 Å². The van der Waals surface area contributed by atoms with Gasteiger partial charge in [-0.25, -0.2) is 8.42 Å². The summed E-state index contributed by atoms with van der Waals surface area (Å²) in [5.74, 6) is -1.56. The van der Waals surface area contributed by atoms with Crippen LogP contribution in [0.15, 0.2) is 100 Å². The second-order valence-electron chi connectivity index (χ2n) is 14.1. The molecule has 51 heavy (non-hydrogen) atoms. The Bertz CT molecular complexity index is 2230.